The van der Waals surface area contributed by atoms with Crippen molar-refractivity contribution in [2.45, 2.75) is 40.0 Å². The summed E-state index contributed by atoms with van der Waals surface area (Å²) >= 11 is 1.18. The van der Waals surface area contributed by atoms with Crippen LogP contribution in [0, 0.1) is 17.2 Å². The molecule has 17 heavy (non-hydrogen) atoms. The molecule has 1 unspecified atom stereocenters. The molecule has 0 saturated carbocycles. The molecule has 0 spiro atoms. The molecule has 1 amide bonds. The van der Waals surface area contributed by atoms with Crippen LogP contribution in [0.25, 0.3) is 0 Å². The second-order valence-corrected chi connectivity index (χ2v) is 5.11. The molecule has 0 saturated heterocycles. The molecular formula is C12H17N3OS. The summed E-state index contributed by atoms with van der Waals surface area (Å²) in [5.74, 6) is 0.0873. The Hall–Kier alpha value is -1.41. The third-order valence-electron chi connectivity index (χ3n) is 2.67. The molecule has 1 N–H and O–H groups in total. The Morgan fingerprint density at radius 1 is 1.53 bits per heavy atom. The first kappa shape index (κ1) is 13.7. The zero-order chi connectivity index (χ0) is 13.0. The number of aromatic nitrogens is 1. The molecule has 1 aromatic rings. The number of rotatable bonds is 4. The van der Waals surface area contributed by atoms with E-state index in [4.69, 9.17) is 5.26 Å². The molecule has 0 aromatic carbocycles. The van der Waals surface area contributed by atoms with Gasteiger partial charge in [0.15, 0.2) is 0 Å². The number of carbonyl (C=O) groups excluding carboxylic acids is 1. The molecule has 1 heterocycles. The number of hydrogen-bond acceptors (Lipinski definition) is 4. The summed E-state index contributed by atoms with van der Waals surface area (Å²) in [6.45, 7) is 7.79. The highest BCUT2D eigenvalue weighted by molar-refractivity contribution is 7.10. The fourth-order valence-corrected chi connectivity index (χ4v) is 2.19. The average molecular weight is 251 g/mol. The van der Waals surface area contributed by atoms with Gasteiger partial charge in [0.25, 0.3) is 0 Å². The fraction of sp³-hybridized carbons (Fsp3) is 0.583. The third kappa shape index (κ3) is 3.04. The molecule has 0 aliphatic heterocycles. The van der Waals surface area contributed by atoms with Gasteiger partial charge in [-0.05, 0) is 23.9 Å². The third-order valence-corrected chi connectivity index (χ3v) is 3.45. The number of hydrogen-bond donors (Lipinski definition) is 1. The standard InChI is InChI=1S/C12H17N3OS/c1-5-8(4)11(16)14-12-9(6-13)10(7(2)3)15-17-12/h7-8H,5H2,1-4H3,(H,14,16). The van der Waals surface area contributed by atoms with E-state index < -0.39 is 0 Å². The Balaban J connectivity index is 2.94. The predicted molar refractivity (Wildman–Crippen MR) is 69.0 cm³/mol. The van der Waals surface area contributed by atoms with E-state index in [1.807, 2.05) is 27.7 Å². The highest BCUT2D eigenvalue weighted by atomic mass is 32.1. The van der Waals surface area contributed by atoms with Gasteiger partial charge < -0.3 is 5.32 Å². The highest BCUT2D eigenvalue weighted by Gasteiger charge is 2.19. The van der Waals surface area contributed by atoms with Crippen LogP contribution < -0.4 is 5.32 Å². The summed E-state index contributed by atoms with van der Waals surface area (Å²) in [5.41, 5.74) is 1.26. The van der Waals surface area contributed by atoms with Gasteiger partial charge in [-0.15, -0.1) is 0 Å². The van der Waals surface area contributed by atoms with Crippen LogP contribution in [0.5, 0.6) is 0 Å². The van der Waals surface area contributed by atoms with E-state index in [1.54, 1.807) is 0 Å². The van der Waals surface area contributed by atoms with Crippen molar-refractivity contribution in [1.29, 1.82) is 5.26 Å². The van der Waals surface area contributed by atoms with E-state index >= 15 is 0 Å². The van der Waals surface area contributed by atoms with Gasteiger partial charge in [0.05, 0.1) is 5.69 Å². The maximum absolute atomic E-state index is 11.7. The molecule has 0 aliphatic rings. The Morgan fingerprint density at radius 2 is 2.18 bits per heavy atom. The van der Waals surface area contributed by atoms with Gasteiger partial charge in [-0.3, -0.25) is 4.79 Å². The van der Waals surface area contributed by atoms with Gasteiger partial charge in [0.2, 0.25) is 5.91 Å². The Labute approximate surface area is 106 Å². The van der Waals surface area contributed by atoms with Gasteiger partial charge in [0.1, 0.15) is 16.6 Å². The van der Waals surface area contributed by atoms with Crippen molar-refractivity contribution in [3.63, 3.8) is 0 Å². The molecular weight excluding hydrogens is 234 g/mol. The van der Waals surface area contributed by atoms with Gasteiger partial charge in [0, 0.05) is 5.92 Å². The van der Waals surface area contributed by atoms with Crippen LogP contribution in [-0.4, -0.2) is 10.3 Å². The lowest BCUT2D eigenvalue weighted by Gasteiger charge is -2.08. The quantitative estimate of drug-likeness (QED) is 0.894. The zero-order valence-corrected chi connectivity index (χ0v) is 11.4. The van der Waals surface area contributed by atoms with E-state index in [9.17, 15) is 4.79 Å². The number of nitriles is 1. The van der Waals surface area contributed by atoms with E-state index in [0.717, 1.165) is 12.1 Å². The molecule has 0 bridgehead atoms. The molecule has 0 fully saturated rings. The summed E-state index contributed by atoms with van der Waals surface area (Å²) in [7, 11) is 0. The van der Waals surface area contributed by atoms with E-state index in [1.165, 1.54) is 11.5 Å². The lowest BCUT2D eigenvalue weighted by molar-refractivity contribution is -0.119. The summed E-state index contributed by atoms with van der Waals surface area (Å²) in [4.78, 5) is 11.7. The van der Waals surface area contributed by atoms with E-state index in [0.29, 0.717) is 10.6 Å². The van der Waals surface area contributed by atoms with Crippen LogP contribution in [0.3, 0.4) is 0 Å². The van der Waals surface area contributed by atoms with Crippen LogP contribution in [0.2, 0.25) is 0 Å². The average Bonchev–Trinajstić information content (AvgIpc) is 2.70. The first-order valence-corrected chi connectivity index (χ1v) is 6.49. The van der Waals surface area contributed by atoms with E-state index in [-0.39, 0.29) is 17.7 Å². The van der Waals surface area contributed by atoms with Crippen molar-refractivity contribution in [3.05, 3.63) is 11.3 Å². The number of nitrogens with one attached hydrogen (secondary N) is 1. The van der Waals surface area contributed by atoms with Crippen LogP contribution in [0.4, 0.5) is 5.00 Å². The highest BCUT2D eigenvalue weighted by Crippen LogP contribution is 2.29. The normalized spacial score (nSPS) is 12.2. The summed E-state index contributed by atoms with van der Waals surface area (Å²) in [5, 5.41) is 12.5. The number of carbonyl (C=O) groups is 1. The summed E-state index contributed by atoms with van der Waals surface area (Å²) < 4.78 is 4.23. The monoisotopic (exact) mass is 251 g/mol. The number of anilines is 1. The Bertz CT molecular complexity index is 445. The first-order chi connectivity index (χ1) is 8.01. The number of nitrogens with zero attached hydrogens (tertiary/aromatic N) is 2. The zero-order valence-electron chi connectivity index (χ0n) is 10.6. The SMILES string of the molecule is CCC(C)C(=O)Nc1snc(C(C)C)c1C#N. The second-order valence-electron chi connectivity index (χ2n) is 4.34. The van der Waals surface area contributed by atoms with Gasteiger partial charge in [-0.2, -0.15) is 9.64 Å². The Morgan fingerprint density at radius 3 is 2.65 bits per heavy atom. The van der Waals surface area contributed by atoms with Crippen molar-refractivity contribution >= 4 is 22.4 Å². The summed E-state index contributed by atoms with van der Waals surface area (Å²) in [6, 6.07) is 2.12. The van der Waals surface area contributed by atoms with Crippen molar-refractivity contribution in [3.8, 4) is 6.07 Å². The van der Waals surface area contributed by atoms with Crippen LogP contribution in [-0.2, 0) is 4.79 Å². The molecule has 1 atom stereocenters. The number of amides is 1. The molecule has 1 rings (SSSR count). The maximum Gasteiger partial charge on any atom is 0.227 e. The lowest BCUT2D eigenvalue weighted by atomic mass is 10.1. The van der Waals surface area contributed by atoms with Gasteiger partial charge >= 0.3 is 0 Å². The predicted octanol–water partition coefficient (Wildman–Crippen LogP) is 3.12. The minimum Gasteiger partial charge on any atom is -0.315 e. The summed E-state index contributed by atoms with van der Waals surface area (Å²) in [6.07, 6.45) is 0.781. The van der Waals surface area contributed by atoms with Gasteiger partial charge in [-0.1, -0.05) is 27.7 Å². The van der Waals surface area contributed by atoms with Crippen molar-refractivity contribution in [2.24, 2.45) is 5.92 Å². The Kier molecular flexibility index (Phi) is 4.64. The molecule has 0 radical (unpaired) electrons. The van der Waals surface area contributed by atoms with Gasteiger partial charge in [-0.25, -0.2) is 0 Å². The second kappa shape index (κ2) is 5.78. The largest absolute Gasteiger partial charge is 0.315 e. The molecule has 4 nitrogen and oxygen atoms in total. The molecule has 1 aromatic heterocycles. The molecule has 0 aliphatic carbocycles. The van der Waals surface area contributed by atoms with Crippen molar-refractivity contribution in [2.75, 3.05) is 5.32 Å². The smallest absolute Gasteiger partial charge is 0.227 e. The maximum atomic E-state index is 11.7. The topological polar surface area (TPSA) is 65.8 Å². The van der Waals surface area contributed by atoms with Crippen molar-refractivity contribution < 1.29 is 4.79 Å². The molecule has 5 heteroatoms. The van der Waals surface area contributed by atoms with E-state index in [2.05, 4.69) is 15.8 Å². The fourth-order valence-electron chi connectivity index (χ4n) is 1.31. The van der Waals surface area contributed by atoms with Crippen LogP contribution in [0.1, 0.15) is 51.3 Å². The lowest BCUT2D eigenvalue weighted by Crippen LogP contribution is -2.19. The van der Waals surface area contributed by atoms with Crippen molar-refractivity contribution in [1.82, 2.24) is 4.37 Å². The molecule has 92 valence electrons. The van der Waals surface area contributed by atoms with Crippen LogP contribution in [0.15, 0.2) is 0 Å². The minimum atomic E-state index is -0.0528. The van der Waals surface area contributed by atoms with Crippen LogP contribution >= 0.6 is 11.5 Å². The minimum absolute atomic E-state index is 0.0499. The first-order valence-electron chi connectivity index (χ1n) is 5.71.